The fraction of sp³-hybridized carbons (Fsp3) is 0.565. The maximum atomic E-state index is 13.4. The number of fused-ring (bicyclic) bond motifs is 2. The summed E-state index contributed by atoms with van der Waals surface area (Å²) >= 11 is 0. The monoisotopic (exact) mass is 488 g/mol. The fourth-order valence-corrected chi connectivity index (χ4v) is 6.35. The Balaban J connectivity index is 1.34. The summed E-state index contributed by atoms with van der Waals surface area (Å²) < 4.78 is 37.1. The predicted octanol–water partition coefficient (Wildman–Crippen LogP) is 1.60. The Morgan fingerprint density at radius 2 is 1.79 bits per heavy atom. The Morgan fingerprint density at radius 3 is 2.41 bits per heavy atom. The third kappa shape index (κ3) is 4.77. The average Bonchev–Trinajstić information content (AvgIpc) is 3.55. The van der Waals surface area contributed by atoms with E-state index in [-0.39, 0.29) is 6.54 Å². The van der Waals surface area contributed by atoms with E-state index >= 15 is 0 Å². The number of amides is 2. The van der Waals surface area contributed by atoms with Gasteiger partial charge in [-0.05, 0) is 60.8 Å². The zero-order valence-corrected chi connectivity index (χ0v) is 20.4. The van der Waals surface area contributed by atoms with Crippen LogP contribution in [-0.2, 0) is 47.7 Å². The van der Waals surface area contributed by atoms with Crippen LogP contribution < -0.4 is 14.3 Å². The highest BCUT2D eigenvalue weighted by Gasteiger charge is 2.29. The molecule has 0 saturated carbocycles. The molecule has 34 heavy (non-hydrogen) atoms. The van der Waals surface area contributed by atoms with Gasteiger partial charge in [0.2, 0.25) is 0 Å². The Labute approximate surface area is 200 Å². The molecule has 1 fully saturated rings. The normalized spacial score (nSPS) is 17.9. The molecule has 10 nitrogen and oxygen atoms in total. The number of benzene rings is 1. The standard InChI is InChI=1S/C23H32N6O4S/c1-27-16-19(15-24-27)29(9-8-28-10-12-33-13-11-28)34(31,32)26-23(30)25-22-20-6-2-4-17(20)14-18-5-3-7-21(18)22/h14-16H,2-13H2,1H3,(H2,25,26,30). The number of morpholine rings is 1. The van der Waals surface area contributed by atoms with Crippen molar-refractivity contribution in [2.45, 2.75) is 38.5 Å². The highest BCUT2D eigenvalue weighted by Crippen LogP contribution is 2.38. The van der Waals surface area contributed by atoms with Gasteiger partial charge < -0.3 is 10.1 Å². The first-order chi connectivity index (χ1) is 16.4. The number of anilines is 2. The van der Waals surface area contributed by atoms with Gasteiger partial charge in [0.05, 0.1) is 25.1 Å². The molecule has 2 heterocycles. The van der Waals surface area contributed by atoms with E-state index in [4.69, 9.17) is 4.74 Å². The maximum Gasteiger partial charge on any atom is 0.334 e. The van der Waals surface area contributed by atoms with E-state index < -0.39 is 16.2 Å². The van der Waals surface area contributed by atoms with Crippen LogP contribution in [0.25, 0.3) is 0 Å². The van der Waals surface area contributed by atoms with Gasteiger partial charge in [0.1, 0.15) is 0 Å². The Morgan fingerprint density at radius 1 is 1.12 bits per heavy atom. The van der Waals surface area contributed by atoms with Crippen molar-refractivity contribution >= 4 is 27.6 Å². The molecule has 2 N–H and O–H groups in total. The third-order valence-electron chi connectivity index (χ3n) is 6.93. The van der Waals surface area contributed by atoms with E-state index in [9.17, 15) is 13.2 Å². The summed E-state index contributed by atoms with van der Waals surface area (Å²) in [4.78, 5) is 15.2. The van der Waals surface area contributed by atoms with Crippen molar-refractivity contribution in [3.8, 4) is 0 Å². The van der Waals surface area contributed by atoms with E-state index in [1.54, 1.807) is 17.9 Å². The maximum absolute atomic E-state index is 13.4. The Bertz CT molecular complexity index is 1140. The van der Waals surface area contributed by atoms with Crippen LogP contribution in [-0.4, -0.2) is 68.5 Å². The first-order valence-electron chi connectivity index (χ1n) is 12.0. The van der Waals surface area contributed by atoms with Crippen LogP contribution in [0.15, 0.2) is 18.5 Å². The average molecular weight is 489 g/mol. The highest BCUT2D eigenvalue weighted by atomic mass is 32.2. The molecule has 5 rings (SSSR count). The van der Waals surface area contributed by atoms with Crippen LogP contribution >= 0.6 is 0 Å². The number of nitrogens with zero attached hydrogens (tertiary/aromatic N) is 4. The number of rotatable bonds is 7. The number of hydrogen-bond donors (Lipinski definition) is 2. The Hall–Kier alpha value is -2.63. The van der Waals surface area contributed by atoms with Gasteiger partial charge in [0.15, 0.2) is 0 Å². The molecular weight excluding hydrogens is 456 g/mol. The number of aryl methyl sites for hydroxylation is 3. The van der Waals surface area contributed by atoms with Crippen molar-refractivity contribution < 1.29 is 17.9 Å². The van der Waals surface area contributed by atoms with Crippen molar-refractivity contribution in [2.75, 3.05) is 49.0 Å². The smallest absolute Gasteiger partial charge is 0.334 e. The van der Waals surface area contributed by atoms with E-state index in [0.717, 1.165) is 68.4 Å². The zero-order chi connectivity index (χ0) is 23.7. The molecule has 1 aromatic heterocycles. The van der Waals surface area contributed by atoms with Crippen LogP contribution in [0.3, 0.4) is 0 Å². The second kappa shape index (κ2) is 9.55. The summed E-state index contributed by atoms with van der Waals surface area (Å²) in [5.74, 6) is 0. The molecule has 11 heteroatoms. The molecule has 2 aliphatic carbocycles. The number of aromatic nitrogens is 2. The second-order valence-corrected chi connectivity index (χ2v) is 10.8. The first kappa shape index (κ1) is 23.1. The van der Waals surface area contributed by atoms with Gasteiger partial charge in [-0.3, -0.25) is 9.58 Å². The van der Waals surface area contributed by atoms with Crippen LogP contribution in [0.1, 0.15) is 35.1 Å². The topological polar surface area (TPSA) is 109 Å². The number of hydrogen-bond acceptors (Lipinski definition) is 6. The zero-order valence-electron chi connectivity index (χ0n) is 19.5. The van der Waals surface area contributed by atoms with Gasteiger partial charge in [-0.2, -0.15) is 13.5 Å². The molecule has 0 spiro atoms. The number of nitrogens with one attached hydrogen (secondary N) is 2. The summed E-state index contributed by atoms with van der Waals surface area (Å²) in [6.45, 7) is 3.49. The van der Waals surface area contributed by atoms with Crippen LogP contribution in [0.2, 0.25) is 0 Å². The predicted molar refractivity (Wildman–Crippen MR) is 129 cm³/mol. The molecule has 184 valence electrons. The van der Waals surface area contributed by atoms with Crippen LogP contribution in [0, 0.1) is 0 Å². The van der Waals surface area contributed by atoms with Gasteiger partial charge in [-0.25, -0.2) is 13.8 Å². The van der Waals surface area contributed by atoms with E-state index in [0.29, 0.717) is 25.4 Å². The minimum atomic E-state index is -4.15. The van der Waals surface area contributed by atoms with Gasteiger partial charge in [0.25, 0.3) is 0 Å². The lowest BCUT2D eigenvalue weighted by atomic mass is 9.99. The summed E-state index contributed by atoms with van der Waals surface area (Å²) in [5.41, 5.74) is 6.10. The fourth-order valence-electron chi connectivity index (χ4n) is 5.26. The minimum Gasteiger partial charge on any atom is -0.379 e. The van der Waals surface area contributed by atoms with Gasteiger partial charge in [0, 0.05) is 45.1 Å². The molecule has 0 radical (unpaired) electrons. The van der Waals surface area contributed by atoms with Crippen LogP contribution in [0.5, 0.6) is 0 Å². The molecule has 1 aromatic carbocycles. The van der Waals surface area contributed by atoms with E-state index in [1.807, 2.05) is 0 Å². The summed E-state index contributed by atoms with van der Waals surface area (Å²) in [5, 5.41) is 7.03. The number of ether oxygens (including phenoxy) is 1. The minimum absolute atomic E-state index is 0.199. The highest BCUT2D eigenvalue weighted by molar-refractivity contribution is 7.91. The van der Waals surface area contributed by atoms with Crippen LogP contribution in [0.4, 0.5) is 16.2 Å². The summed E-state index contributed by atoms with van der Waals surface area (Å²) in [7, 11) is -2.42. The summed E-state index contributed by atoms with van der Waals surface area (Å²) in [6, 6.07) is 1.55. The molecular formula is C23H32N6O4S. The number of carbonyl (C=O) groups excluding carboxylic acids is 1. The van der Waals surface area contributed by atoms with Crippen molar-refractivity contribution in [1.29, 1.82) is 0 Å². The SMILES string of the molecule is Cn1cc(N(CCN2CCOCC2)S(=O)(=O)NC(=O)Nc2c3c(cc4c2CCC4)CCC3)cn1. The molecule has 0 atom stereocenters. The van der Waals surface area contributed by atoms with Gasteiger partial charge in [-0.15, -0.1) is 0 Å². The molecule has 2 amide bonds. The van der Waals surface area contributed by atoms with Gasteiger partial charge in [-0.1, -0.05) is 6.07 Å². The van der Waals surface area contributed by atoms with E-state index in [1.165, 1.54) is 21.6 Å². The largest absolute Gasteiger partial charge is 0.379 e. The molecule has 0 unspecified atom stereocenters. The van der Waals surface area contributed by atoms with Crippen molar-refractivity contribution in [3.05, 3.63) is 40.7 Å². The van der Waals surface area contributed by atoms with E-state index in [2.05, 4.69) is 26.1 Å². The second-order valence-electron chi connectivity index (χ2n) is 9.19. The third-order valence-corrected chi connectivity index (χ3v) is 8.34. The molecule has 0 bridgehead atoms. The van der Waals surface area contributed by atoms with Gasteiger partial charge >= 0.3 is 16.2 Å². The Kier molecular flexibility index (Phi) is 6.50. The number of carbonyl (C=O) groups is 1. The summed E-state index contributed by atoms with van der Waals surface area (Å²) in [6.07, 6.45) is 9.08. The molecule has 1 aliphatic heterocycles. The quantitative estimate of drug-likeness (QED) is 0.613. The van der Waals surface area contributed by atoms with Crippen molar-refractivity contribution in [2.24, 2.45) is 7.05 Å². The molecule has 2 aromatic rings. The lowest BCUT2D eigenvalue weighted by Crippen LogP contribution is -2.49. The van der Waals surface area contributed by atoms with Crippen molar-refractivity contribution in [1.82, 2.24) is 19.4 Å². The first-order valence-corrected chi connectivity index (χ1v) is 13.4. The molecule has 3 aliphatic rings. The lowest BCUT2D eigenvalue weighted by Gasteiger charge is -2.30. The molecule has 1 saturated heterocycles. The van der Waals surface area contributed by atoms with Crippen molar-refractivity contribution in [3.63, 3.8) is 0 Å². The lowest BCUT2D eigenvalue weighted by molar-refractivity contribution is 0.0395. The number of urea groups is 1.